The lowest BCUT2D eigenvalue weighted by Crippen LogP contribution is -2.27. The molecule has 4 rings (SSSR count). The lowest BCUT2D eigenvalue weighted by molar-refractivity contribution is 0.228. The third-order valence-corrected chi connectivity index (χ3v) is 5.65. The van der Waals surface area contributed by atoms with Gasteiger partial charge in [0.1, 0.15) is 11.9 Å². The van der Waals surface area contributed by atoms with Gasteiger partial charge < -0.3 is 14.6 Å². The van der Waals surface area contributed by atoms with E-state index in [1.807, 2.05) is 0 Å². The molecule has 4 nitrogen and oxygen atoms in total. The number of hydrogen-bond acceptors (Lipinski definition) is 4. The summed E-state index contributed by atoms with van der Waals surface area (Å²) in [4.78, 5) is 0. The number of ether oxygens (including phenoxy) is 1. The largest absolute Gasteiger partial charge is 0.486 e. The maximum atomic E-state index is 6.18. The zero-order valence-electron chi connectivity index (χ0n) is 15.1. The highest BCUT2D eigenvalue weighted by Crippen LogP contribution is 2.32. The van der Waals surface area contributed by atoms with Gasteiger partial charge in [0.05, 0.1) is 5.69 Å². The SMILES string of the molecule is Cc1c(OC2C=CCCC2)ccc2c(CCC3CCNCC3)noc12. The first-order valence-electron chi connectivity index (χ1n) is 9.73. The van der Waals surface area contributed by atoms with Gasteiger partial charge in [-0.05, 0) is 89.1 Å². The van der Waals surface area contributed by atoms with E-state index in [9.17, 15) is 0 Å². The summed E-state index contributed by atoms with van der Waals surface area (Å²) in [5.41, 5.74) is 3.05. The fourth-order valence-corrected chi connectivity index (χ4v) is 4.03. The van der Waals surface area contributed by atoms with Gasteiger partial charge in [0.15, 0.2) is 5.58 Å². The van der Waals surface area contributed by atoms with Crippen molar-refractivity contribution in [1.82, 2.24) is 10.5 Å². The number of aromatic nitrogens is 1. The van der Waals surface area contributed by atoms with E-state index >= 15 is 0 Å². The van der Waals surface area contributed by atoms with Crippen LogP contribution in [-0.2, 0) is 6.42 Å². The van der Waals surface area contributed by atoms with Crippen molar-refractivity contribution >= 4 is 11.0 Å². The number of benzene rings is 1. The molecule has 1 aliphatic heterocycles. The third kappa shape index (κ3) is 3.74. The van der Waals surface area contributed by atoms with E-state index < -0.39 is 0 Å². The quantitative estimate of drug-likeness (QED) is 0.811. The van der Waals surface area contributed by atoms with Gasteiger partial charge in [0.2, 0.25) is 0 Å². The summed E-state index contributed by atoms with van der Waals surface area (Å²) in [5.74, 6) is 1.74. The van der Waals surface area contributed by atoms with Gasteiger partial charge in [-0.3, -0.25) is 0 Å². The van der Waals surface area contributed by atoms with Gasteiger partial charge in [-0.15, -0.1) is 0 Å². The first kappa shape index (κ1) is 16.6. The molecule has 1 aromatic heterocycles. The third-order valence-electron chi connectivity index (χ3n) is 5.65. The Bertz CT molecular complexity index is 744. The predicted octanol–water partition coefficient (Wildman–Crippen LogP) is 4.56. The summed E-state index contributed by atoms with van der Waals surface area (Å²) in [6.45, 7) is 4.38. The number of fused-ring (bicyclic) bond motifs is 1. The summed E-state index contributed by atoms with van der Waals surface area (Å²) in [5, 5.41) is 8.95. The highest BCUT2D eigenvalue weighted by atomic mass is 16.5. The monoisotopic (exact) mass is 340 g/mol. The number of nitrogens with zero attached hydrogens (tertiary/aromatic N) is 1. The molecule has 1 saturated heterocycles. The van der Waals surface area contributed by atoms with Crippen molar-refractivity contribution in [2.45, 2.75) is 58.0 Å². The standard InChI is InChI=1S/C21H28N2O2/c1-15-20(24-17-5-3-2-4-6-17)10-8-18-19(23-25-21(15)18)9-7-16-11-13-22-14-12-16/h3,5,8,10,16-17,22H,2,4,6-7,9,11-14H2,1H3. The molecule has 134 valence electrons. The Balaban J connectivity index is 1.48. The fraction of sp³-hybridized carbons (Fsp3) is 0.571. The minimum absolute atomic E-state index is 0.187. The van der Waals surface area contributed by atoms with Crippen LogP contribution < -0.4 is 10.1 Å². The average molecular weight is 340 g/mol. The molecule has 0 saturated carbocycles. The van der Waals surface area contributed by atoms with Crippen molar-refractivity contribution in [3.8, 4) is 5.75 Å². The fourth-order valence-electron chi connectivity index (χ4n) is 4.03. The van der Waals surface area contributed by atoms with E-state index in [1.165, 1.54) is 32.1 Å². The number of piperidine rings is 1. The Labute approximate surface area is 149 Å². The molecule has 2 heterocycles. The van der Waals surface area contributed by atoms with Gasteiger partial charge in [-0.25, -0.2) is 0 Å². The van der Waals surface area contributed by atoms with Crippen LogP contribution in [0.5, 0.6) is 5.75 Å². The highest BCUT2D eigenvalue weighted by molar-refractivity contribution is 5.84. The normalized spacial score (nSPS) is 21.7. The number of rotatable bonds is 5. The zero-order valence-corrected chi connectivity index (χ0v) is 15.1. The molecular weight excluding hydrogens is 312 g/mol. The Morgan fingerprint density at radius 1 is 1.24 bits per heavy atom. The van der Waals surface area contributed by atoms with Crippen LogP contribution in [0.1, 0.15) is 49.8 Å². The van der Waals surface area contributed by atoms with E-state index in [0.29, 0.717) is 0 Å². The average Bonchev–Trinajstić information content (AvgIpc) is 3.08. The number of allylic oxidation sites excluding steroid dienone is 1. The molecule has 1 fully saturated rings. The van der Waals surface area contributed by atoms with E-state index in [2.05, 4.69) is 41.7 Å². The second-order valence-corrected chi connectivity index (χ2v) is 7.44. The summed E-state index contributed by atoms with van der Waals surface area (Å²) in [7, 11) is 0. The Morgan fingerprint density at radius 3 is 2.92 bits per heavy atom. The predicted molar refractivity (Wildman–Crippen MR) is 100 cm³/mol. The van der Waals surface area contributed by atoms with E-state index in [1.54, 1.807) is 0 Å². The molecule has 1 aliphatic carbocycles. The van der Waals surface area contributed by atoms with Gasteiger partial charge in [0.25, 0.3) is 0 Å². The molecule has 2 aliphatic rings. The molecular formula is C21H28N2O2. The molecule has 1 aromatic carbocycles. The molecule has 1 atom stereocenters. The lowest BCUT2D eigenvalue weighted by Gasteiger charge is -2.22. The zero-order chi connectivity index (χ0) is 17.1. The minimum atomic E-state index is 0.187. The van der Waals surface area contributed by atoms with E-state index in [0.717, 1.165) is 59.8 Å². The highest BCUT2D eigenvalue weighted by Gasteiger charge is 2.18. The minimum Gasteiger partial charge on any atom is -0.486 e. The van der Waals surface area contributed by atoms with E-state index in [-0.39, 0.29) is 6.10 Å². The second-order valence-electron chi connectivity index (χ2n) is 7.44. The van der Waals surface area contributed by atoms with Gasteiger partial charge in [0, 0.05) is 10.9 Å². The van der Waals surface area contributed by atoms with Crippen LogP contribution in [0, 0.1) is 12.8 Å². The van der Waals surface area contributed by atoms with Gasteiger partial charge in [-0.2, -0.15) is 0 Å². The van der Waals surface area contributed by atoms with Crippen molar-refractivity contribution < 1.29 is 9.26 Å². The van der Waals surface area contributed by atoms with Crippen LogP contribution in [0.3, 0.4) is 0 Å². The van der Waals surface area contributed by atoms with Crippen molar-refractivity contribution in [3.63, 3.8) is 0 Å². The topological polar surface area (TPSA) is 47.3 Å². The molecule has 1 unspecified atom stereocenters. The first-order valence-corrected chi connectivity index (χ1v) is 9.73. The number of nitrogens with one attached hydrogen (secondary N) is 1. The smallest absolute Gasteiger partial charge is 0.173 e. The summed E-state index contributed by atoms with van der Waals surface area (Å²) >= 11 is 0. The summed E-state index contributed by atoms with van der Waals surface area (Å²) in [6.07, 6.45) is 12.8. The summed E-state index contributed by atoms with van der Waals surface area (Å²) < 4.78 is 11.9. The summed E-state index contributed by atoms with van der Waals surface area (Å²) in [6, 6.07) is 4.21. The van der Waals surface area contributed by atoms with Crippen LogP contribution in [0.25, 0.3) is 11.0 Å². The first-order chi connectivity index (χ1) is 12.3. The molecule has 0 radical (unpaired) electrons. The number of hydrogen-bond donors (Lipinski definition) is 1. The molecule has 1 N–H and O–H groups in total. The Hall–Kier alpha value is -1.81. The van der Waals surface area contributed by atoms with Crippen LogP contribution in [0.4, 0.5) is 0 Å². The van der Waals surface area contributed by atoms with Crippen LogP contribution in [0.2, 0.25) is 0 Å². The molecule has 0 spiro atoms. The van der Waals surface area contributed by atoms with Crippen molar-refractivity contribution in [2.75, 3.05) is 13.1 Å². The molecule has 4 heteroatoms. The van der Waals surface area contributed by atoms with Gasteiger partial charge in [-0.1, -0.05) is 11.2 Å². The number of aryl methyl sites for hydroxylation is 2. The van der Waals surface area contributed by atoms with Crippen LogP contribution >= 0.6 is 0 Å². The maximum Gasteiger partial charge on any atom is 0.173 e. The maximum absolute atomic E-state index is 6.18. The van der Waals surface area contributed by atoms with Crippen molar-refractivity contribution in [2.24, 2.45) is 5.92 Å². The molecule has 2 aromatic rings. The second kappa shape index (κ2) is 7.61. The molecule has 0 bridgehead atoms. The van der Waals surface area contributed by atoms with Gasteiger partial charge >= 0.3 is 0 Å². The Morgan fingerprint density at radius 2 is 2.12 bits per heavy atom. The molecule has 25 heavy (non-hydrogen) atoms. The van der Waals surface area contributed by atoms with Crippen molar-refractivity contribution in [3.05, 3.63) is 35.5 Å². The Kier molecular flexibility index (Phi) is 5.07. The van der Waals surface area contributed by atoms with E-state index in [4.69, 9.17) is 9.26 Å². The lowest BCUT2D eigenvalue weighted by atomic mass is 9.92. The van der Waals surface area contributed by atoms with Crippen LogP contribution in [0.15, 0.2) is 28.8 Å². The van der Waals surface area contributed by atoms with Crippen LogP contribution in [-0.4, -0.2) is 24.4 Å². The molecule has 0 amide bonds. The van der Waals surface area contributed by atoms with Crippen molar-refractivity contribution in [1.29, 1.82) is 0 Å².